The number of nitrogens with zero attached hydrogens (tertiary/aromatic N) is 2. The summed E-state index contributed by atoms with van der Waals surface area (Å²) in [7, 11) is 0. The van der Waals surface area contributed by atoms with Crippen LogP contribution in [-0.4, -0.2) is 67.4 Å². The molecule has 1 aromatic rings. The van der Waals surface area contributed by atoms with E-state index in [0.717, 1.165) is 63.4 Å². The topological polar surface area (TPSA) is 64.7 Å². The number of carbonyl (C=O) groups excluding carboxylic acids is 2. The summed E-state index contributed by atoms with van der Waals surface area (Å²) in [5, 5.41) is 6.32. The van der Waals surface area contributed by atoms with Gasteiger partial charge in [0.05, 0.1) is 6.54 Å². The molecule has 2 aliphatic heterocycles. The number of piperidine rings is 1. The number of halogens is 1. The highest BCUT2D eigenvalue weighted by Gasteiger charge is 2.28. The van der Waals surface area contributed by atoms with E-state index in [2.05, 4.69) is 15.5 Å². The highest BCUT2D eigenvalue weighted by atomic mass is 35.5. The Morgan fingerprint density at radius 1 is 1.11 bits per heavy atom. The lowest BCUT2D eigenvalue weighted by Gasteiger charge is -2.37. The molecular formula is C20H31ClN4O2. The van der Waals surface area contributed by atoms with Crippen LogP contribution in [0.15, 0.2) is 18.2 Å². The van der Waals surface area contributed by atoms with Gasteiger partial charge in [0.25, 0.3) is 0 Å². The zero-order valence-corrected chi connectivity index (χ0v) is 17.1. The van der Waals surface area contributed by atoms with E-state index in [0.29, 0.717) is 12.5 Å². The van der Waals surface area contributed by atoms with E-state index in [1.54, 1.807) is 0 Å². The Hall–Kier alpha value is -1.63. The van der Waals surface area contributed by atoms with Gasteiger partial charge in [0.2, 0.25) is 11.8 Å². The number of hydrogen-bond acceptors (Lipinski definition) is 4. The van der Waals surface area contributed by atoms with Crippen molar-refractivity contribution >= 4 is 29.9 Å². The molecule has 0 unspecified atom stereocenters. The van der Waals surface area contributed by atoms with Gasteiger partial charge >= 0.3 is 0 Å². The summed E-state index contributed by atoms with van der Waals surface area (Å²) < 4.78 is 0. The molecule has 3 rings (SSSR count). The van der Waals surface area contributed by atoms with Crippen LogP contribution in [0.25, 0.3) is 0 Å². The van der Waals surface area contributed by atoms with Gasteiger partial charge in [0.15, 0.2) is 0 Å². The van der Waals surface area contributed by atoms with E-state index < -0.39 is 0 Å². The number of amides is 2. The Morgan fingerprint density at radius 3 is 2.44 bits per heavy atom. The van der Waals surface area contributed by atoms with Crippen LogP contribution in [0.4, 0.5) is 5.69 Å². The van der Waals surface area contributed by atoms with Gasteiger partial charge in [0, 0.05) is 37.8 Å². The largest absolute Gasteiger partial charge is 0.340 e. The lowest BCUT2D eigenvalue weighted by atomic mass is 9.96. The fraction of sp³-hybridized carbons (Fsp3) is 0.600. The Bertz CT molecular complexity index is 653. The van der Waals surface area contributed by atoms with Crippen LogP contribution >= 0.6 is 12.4 Å². The summed E-state index contributed by atoms with van der Waals surface area (Å²) in [6.07, 6.45) is 1.88. The molecule has 2 amide bonds. The minimum absolute atomic E-state index is 0. The first kappa shape index (κ1) is 21.7. The maximum atomic E-state index is 12.6. The molecule has 7 heteroatoms. The van der Waals surface area contributed by atoms with Gasteiger partial charge in [0.1, 0.15) is 0 Å². The van der Waals surface area contributed by atoms with Crippen LogP contribution in [-0.2, 0) is 9.59 Å². The van der Waals surface area contributed by atoms with Crippen LogP contribution in [0.2, 0.25) is 0 Å². The minimum atomic E-state index is 0. The van der Waals surface area contributed by atoms with Gasteiger partial charge in [-0.25, -0.2) is 0 Å². The summed E-state index contributed by atoms with van der Waals surface area (Å²) in [6, 6.07) is 5.95. The highest BCUT2D eigenvalue weighted by Crippen LogP contribution is 2.19. The van der Waals surface area contributed by atoms with E-state index in [9.17, 15) is 9.59 Å². The molecule has 0 atom stereocenters. The smallest absolute Gasteiger partial charge is 0.238 e. The zero-order valence-electron chi connectivity index (χ0n) is 16.3. The lowest BCUT2D eigenvalue weighted by molar-refractivity contribution is -0.138. The van der Waals surface area contributed by atoms with Crippen molar-refractivity contribution in [3.63, 3.8) is 0 Å². The van der Waals surface area contributed by atoms with Crippen LogP contribution in [0.3, 0.4) is 0 Å². The van der Waals surface area contributed by atoms with Crippen molar-refractivity contribution in [3.05, 3.63) is 29.3 Å². The summed E-state index contributed by atoms with van der Waals surface area (Å²) in [4.78, 5) is 29.1. The minimum Gasteiger partial charge on any atom is -0.340 e. The Kier molecular flexibility index (Phi) is 8.07. The second-order valence-corrected chi connectivity index (χ2v) is 7.42. The van der Waals surface area contributed by atoms with Crippen molar-refractivity contribution in [2.24, 2.45) is 5.92 Å². The molecule has 0 aromatic heterocycles. The van der Waals surface area contributed by atoms with Gasteiger partial charge in [-0.3, -0.25) is 14.5 Å². The average molecular weight is 395 g/mol. The second kappa shape index (κ2) is 10.1. The average Bonchev–Trinajstić information content (AvgIpc) is 2.66. The molecule has 2 fully saturated rings. The van der Waals surface area contributed by atoms with Crippen molar-refractivity contribution in [2.45, 2.75) is 26.7 Å². The molecule has 0 radical (unpaired) electrons. The summed E-state index contributed by atoms with van der Waals surface area (Å²) in [5.41, 5.74) is 3.17. The number of nitrogens with one attached hydrogen (secondary N) is 2. The molecule has 2 saturated heterocycles. The predicted octanol–water partition coefficient (Wildman–Crippen LogP) is 1.81. The molecule has 2 N–H and O–H groups in total. The maximum Gasteiger partial charge on any atom is 0.238 e. The quantitative estimate of drug-likeness (QED) is 0.817. The van der Waals surface area contributed by atoms with Crippen molar-refractivity contribution < 1.29 is 9.59 Å². The fourth-order valence-electron chi connectivity index (χ4n) is 3.73. The van der Waals surface area contributed by atoms with Gasteiger partial charge in [-0.05, 0) is 57.0 Å². The summed E-state index contributed by atoms with van der Waals surface area (Å²) >= 11 is 0. The monoisotopic (exact) mass is 394 g/mol. The molecule has 1 aromatic carbocycles. The lowest BCUT2D eigenvalue weighted by Crippen LogP contribution is -2.52. The SMILES string of the molecule is Cc1cccc(NC(=O)CN2CCN(C(=O)C3CCNCC3)CC2)c1C.Cl. The van der Waals surface area contributed by atoms with E-state index in [4.69, 9.17) is 0 Å². The zero-order chi connectivity index (χ0) is 18.5. The molecule has 27 heavy (non-hydrogen) atoms. The summed E-state index contributed by atoms with van der Waals surface area (Å²) in [5.74, 6) is 0.484. The normalized spacial score (nSPS) is 18.7. The van der Waals surface area contributed by atoms with Crippen molar-refractivity contribution in [2.75, 3.05) is 51.1 Å². The van der Waals surface area contributed by atoms with E-state index in [1.165, 1.54) is 5.56 Å². The number of benzene rings is 1. The first-order valence-corrected chi connectivity index (χ1v) is 9.62. The van der Waals surface area contributed by atoms with E-state index >= 15 is 0 Å². The first-order valence-electron chi connectivity index (χ1n) is 9.62. The van der Waals surface area contributed by atoms with Crippen LogP contribution in [0, 0.1) is 19.8 Å². The molecule has 0 bridgehead atoms. The predicted molar refractivity (Wildman–Crippen MR) is 110 cm³/mol. The first-order chi connectivity index (χ1) is 12.5. The molecular weight excluding hydrogens is 364 g/mol. The van der Waals surface area contributed by atoms with Gasteiger partial charge in [-0.2, -0.15) is 0 Å². The van der Waals surface area contributed by atoms with Gasteiger partial charge in [-0.1, -0.05) is 12.1 Å². The van der Waals surface area contributed by atoms with Gasteiger partial charge < -0.3 is 15.5 Å². The molecule has 6 nitrogen and oxygen atoms in total. The van der Waals surface area contributed by atoms with E-state index in [1.807, 2.05) is 36.9 Å². The highest BCUT2D eigenvalue weighted by molar-refractivity contribution is 5.93. The van der Waals surface area contributed by atoms with Crippen molar-refractivity contribution in [3.8, 4) is 0 Å². The third kappa shape index (κ3) is 5.67. The molecule has 150 valence electrons. The number of piperazine rings is 1. The number of rotatable bonds is 4. The van der Waals surface area contributed by atoms with Crippen LogP contribution in [0.1, 0.15) is 24.0 Å². The Balaban J connectivity index is 0.00000261. The number of hydrogen-bond donors (Lipinski definition) is 2. The number of aryl methyl sites for hydroxylation is 1. The van der Waals surface area contributed by atoms with Gasteiger partial charge in [-0.15, -0.1) is 12.4 Å². The maximum absolute atomic E-state index is 12.6. The Labute approximate surface area is 168 Å². The molecule has 0 spiro atoms. The van der Waals surface area contributed by atoms with Crippen molar-refractivity contribution in [1.82, 2.24) is 15.1 Å². The van der Waals surface area contributed by atoms with Crippen LogP contribution < -0.4 is 10.6 Å². The molecule has 2 aliphatic rings. The van der Waals surface area contributed by atoms with Crippen LogP contribution in [0.5, 0.6) is 0 Å². The summed E-state index contributed by atoms with van der Waals surface area (Å²) in [6.45, 7) is 9.29. The molecule has 0 aliphatic carbocycles. The third-order valence-electron chi connectivity index (χ3n) is 5.62. The third-order valence-corrected chi connectivity index (χ3v) is 5.62. The number of carbonyl (C=O) groups is 2. The number of anilines is 1. The van der Waals surface area contributed by atoms with E-state index in [-0.39, 0.29) is 24.2 Å². The standard InChI is InChI=1S/C20H30N4O2.ClH/c1-15-4-3-5-18(16(15)2)22-19(25)14-23-10-12-24(13-11-23)20(26)17-6-8-21-9-7-17;/h3-5,17,21H,6-14H2,1-2H3,(H,22,25);1H. The molecule has 2 heterocycles. The second-order valence-electron chi connectivity index (χ2n) is 7.42. The fourth-order valence-corrected chi connectivity index (χ4v) is 3.73. The van der Waals surface area contributed by atoms with Crippen molar-refractivity contribution in [1.29, 1.82) is 0 Å². The Morgan fingerprint density at radius 2 is 1.78 bits per heavy atom. The molecule has 0 saturated carbocycles.